The summed E-state index contributed by atoms with van der Waals surface area (Å²) in [4.78, 5) is 3.07. The molecule has 0 radical (unpaired) electrons. The van der Waals surface area contributed by atoms with E-state index in [0.717, 1.165) is 12.1 Å². The standard InChI is InChI=1S/C22H22F3N3O2S/c1-27(2)20-9-14(10-21(22(20)25)28(3)4)17-12-19(24)18(23)11-16(17)13-5-7-15(8-6-13)31(26,29)30/h5-12H,1-4H3,(H2,26,29,30). The summed E-state index contributed by atoms with van der Waals surface area (Å²) in [6.45, 7) is 0. The Morgan fingerprint density at radius 3 is 1.52 bits per heavy atom. The maximum absolute atomic E-state index is 14.9. The minimum absolute atomic E-state index is 0.105. The van der Waals surface area contributed by atoms with E-state index in [1.54, 1.807) is 50.1 Å². The van der Waals surface area contributed by atoms with Crippen molar-refractivity contribution in [3.63, 3.8) is 0 Å². The topological polar surface area (TPSA) is 66.6 Å². The monoisotopic (exact) mass is 449 g/mol. The average molecular weight is 449 g/mol. The minimum atomic E-state index is -3.90. The second-order valence-electron chi connectivity index (χ2n) is 7.50. The average Bonchev–Trinajstić information content (AvgIpc) is 2.69. The highest BCUT2D eigenvalue weighted by molar-refractivity contribution is 7.89. The predicted molar refractivity (Wildman–Crippen MR) is 117 cm³/mol. The second-order valence-corrected chi connectivity index (χ2v) is 9.06. The van der Waals surface area contributed by atoms with Crippen molar-refractivity contribution in [3.05, 3.63) is 66.0 Å². The van der Waals surface area contributed by atoms with E-state index in [-0.39, 0.29) is 16.3 Å². The van der Waals surface area contributed by atoms with Crippen LogP contribution in [-0.2, 0) is 10.0 Å². The molecule has 0 fully saturated rings. The summed E-state index contributed by atoms with van der Waals surface area (Å²) in [6.07, 6.45) is 0. The van der Waals surface area contributed by atoms with Crippen LogP contribution >= 0.6 is 0 Å². The van der Waals surface area contributed by atoms with Crippen molar-refractivity contribution in [2.45, 2.75) is 4.90 Å². The van der Waals surface area contributed by atoms with Crippen LogP contribution in [-0.4, -0.2) is 36.6 Å². The molecule has 0 heterocycles. The third-order valence-electron chi connectivity index (χ3n) is 4.86. The molecule has 0 amide bonds. The van der Waals surface area contributed by atoms with E-state index in [1.807, 2.05) is 0 Å². The van der Waals surface area contributed by atoms with Gasteiger partial charge in [-0.25, -0.2) is 26.7 Å². The van der Waals surface area contributed by atoms with Gasteiger partial charge in [-0.1, -0.05) is 12.1 Å². The van der Waals surface area contributed by atoms with Gasteiger partial charge in [0.05, 0.1) is 16.3 Å². The molecule has 5 nitrogen and oxygen atoms in total. The molecule has 0 unspecified atom stereocenters. The van der Waals surface area contributed by atoms with Gasteiger partial charge < -0.3 is 9.80 Å². The maximum atomic E-state index is 14.9. The van der Waals surface area contributed by atoms with Gasteiger partial charge >= 0.3 is 0 Å². The molecular weight excluding hydrogens is 427 g/mol. The molecule has 164 valence electrons. The van der Waals surface area contributed by atoms with Crippen molar-refractivity contribution in [3.8, 4) is 22.3 Å². The van der Waals surface area contributed by atoms with Gasteiger partial charge in [0, 0.05) is 28.2 Å². The van der Waals surface area contributed by atoms with Crippen molar-refractivity contribution >= 4 is 21.4 Å². The Morgan fingerprint density at radius 2 is 1.13 bits per heavy atom. The molecule has 0 atom stereocenters. The molecular formula is C22H22F3N3O2S. The zero-order valence-corrected chi connectivity index (χ0v) is 18.3. The van der Waals surface area contributed by atoms with Crippen molar-refractivity contribution in [1.29, 1.82) is 0 Å². The minimum Gasteiger partial charge on any atom is -0.375 e. The Balaban J connectivity index is 2.29. The fourth-order valence-electron chi connectivity index (χ4n) is 3.25. The van der Waals surface area contributed by atoms with Crippen LogP contribution in [0, 0.1) is 17.5 Å². The second kappa shape index (κ2) is 8.24. The Hall–Kier alpha value is -3.04. The quantitative estimate of drug-likeness (QED) is 0.634. The van der Waals surface area contributed by atoms with E-state index in [9.17, 15) is 21.6 Å². The van der Waals surface area contributed by atoms with Crippen molar-refractivity contribution in [2.24, 2.45) is 5.14 Å². The van der Waals surface area contributed by atoms with Crippen molar-refractivity contribution in [2.75, 3.05) is 38.0 Å². The van der Waals surface area contributed by atoms with Crippen LogP contribution in [0.15, 0.2) is 53.4 Å². The summed E-state index contributed by atoms with van der Waals surface area (Å²) in [5.41, 5.74) is 2.12. The number of anilines is 2. The SMILES string of the molecule is CN(C)c1cc(-c2cc(F)c(F)cc2-c2ccc(S(N)(=O)=O)cc2)cc(N(C)C)c1F. The van der Waals surface area contributed by atoms with Gasteiger partial charge in [0.1, 0.15) is 0 Å². The fourth-order valence-corrected chi connectivity index (χ4v) is 3.76. The first-order valence-corrected chi connectivity index (χ1v) is 10.8. The number of benzene rings is 3. The molecule has 2 N–H and O–H groups in total. The molecule has 3 rings (SSSR count). The molecule has 3 aromatic carbocycles. The molecule has 0 saturated carbocycles. The van der Waals surface area contributed by atoms with E-state index in [0.29, 0.717) is 22.3 Å². The molecule has 0 aliphatic rings. The summed E-state index contributed by atoms with van der Waals surface area (Å²) < 4.78 is 66.3. The first-order chi connectivity index (χ1) is 14.4. The fraction of sp³-hybridized carbons (Fsp3) is 0.182. The third kappa shape index (κ3) is 4.52. The highest BCUT2D eigenvalue weighted by Gasteiger charge is 2.19. The highest BCUT2D eigenvalue weighted by atomic mass is 32.2. The summed E-state index contributed by atoms with van der Waals surface area (Å²) in [6, 6.07) is 10.7. The van der Waals surface area contributed by atoms with E-state index in [2.05, 4.69) is 0 Å². The van der Waals surface area contributed by atoms with Gasteiger partial charge in [-0.2, -0.15) is 0 Å². The molecule has 0 aliphatic heterocycles. The number of hydrogen-bond acceptors (Lipinski definition) is 4. The van der Waals surface area contributed by atoms with Crippen LogP contribution in [0.3, 0.4) is 0 Å². The van der Waals surface area contributed by atoms with E-state index < -0.39 is 27.5 Å². The summed E-state index contributed by atoms with van der Waals surface area (Å²) in [5.74, 6) is -2.56. The summed E-state index contributed by atoms with van der Waals surface area (Å²) >= 11 is 0. The zero-order valence-electron chi connectivity index (χ0n) is 17.4. The number of primary sulfonamides is 1. The molecule has 0 aliphatic carbocycles. The molecule has 31 heavy (non-hydrogen) atoms. The first-order valence-electron chi connectivity index (χ1n) is 9.21. The lowest BCUT2D eigenvalue weighted by atomic mass is 9.93. The van der Waals surface area contributed by atoms with Gasteiger partial charge in [0.15, 0.2) is 17.5 Å². The lowest BCUT2D eigenvalue weighted by molar-refractivity contribution is 0.509. The number of nitrogens with zero attached hydrogens (tertiary/aromatic N) is 2. The number of sulfonamides is 1. The van der Waals surface area contributed by atoms with Gasteiger partial charge in [-0.05, 0) is 58.7 Å². The molecule has 3 aromatic rings. The lowest BCUT2D eigenvalue weighted by Crippen LogP contribution is -2.16. The summed E-state index contributed by atoms with van der Waals surface area (Å²) in [5, 5.41) is 5.13. The van der Waals surface area contributed by atoms with Crippen LogP contribution in [0.1, 0.15) is 0 Å². The molecule has 9 heteroatoms. The van der Waals surface area contributed by atoms with E-state index >= 15 is 0 Å². The summed E-state index contributed by atoms with van der Waals surface area (Å²) in [7, 11) is 2.82. The van der Waals surface area contributed by atoms with Crippen LogP contribution in [0.25, 0.3) is 22.3 Å². The van der Waals surface area contributed by atoms with Crippen molar-refractivity contribution < 1.29 is 21.6 Å². The maximum Gasteiger partial charge on any atom is 0.238 e. The van der Waals surface area contributed by atoms with Gasteiger partial charge in [0.2, 0.25) is 10.0 Å². The van der Waals surface area contributed by atoms with Gasteiger partial charge in [-0.15, -0.1) is 0 Å². The normalized spacial score (nSPS) is 11.5. The zero-order chi connectivity index (χ0) is 23.1. The Labute approximate surface area is 179 Å². The smallest absolute Gasteiger partial charge is 0.238 e. The van der Waals surface area contributed by atoms with E-state index in [1.165, 1.54) is 24.3 Å². The van der Waals surface area contributed by atoms with E-state index in [4.69, 9.17) is 5.14 Å². The Bertz CT molecular complexity index is 1210. The van der Waals surface area contributed by atoms with Crippen molar-refractivity contribution in [1.82, 2.24) is 0 Å². The first kappa shape index (κ1) is 22.6. The van der Waals surface area contributed by atoms with Crippen LogP contribution in [0.5, 0.6) is 0 Å². The predicted octanol–water partition coefficient (Wildman–Crippen LogP) is 4.22. The van der Waals surface area contributed by atoms with Gasteiger partial charge in [0.25, 0.3) is 0 Å². The number of rotatable bonds is 5. The lowest BCUT2D eigenvalue weighted by Gasteiger charge is -2.22. The van der Waals surface area contributed by atoms with Crippen LogP contribution in [0.2, 0.25) is 0 Å². The molecule has 0 spiro atoms. The largest absolute Gasteiger partial charge is 0.375 e. The number of nitrogens with two attached hydrogens (primary N) is 1. The number of halogens is 3. The van der Waals surface area contributed by atoms with Crippen LogP contribution in [0.4, 0.5) is 24.5 Å². The van der Waals surface area contributed by atoms with Crippen LogP contribution < -0.4 is 14.9 Å². The molecule has 0 bridgehead atoms. The molecule has 0 saturated heterocycles. The third-order valence-corrected chi connectivity index (χ3v) is 5.79. The van der Waals surface area contributed by atoms with Gasteiger partial charge in [-0.3, -0.25) is 0 Å². The highest BCUT2D eigenvalue weighted by Crippen LogP contribution is 2.39. The Kier molecular flexibility index (Phi) is 6.02. The number of hydrogen-bond donors (Lipinski definition) is 1. The Morgan fingerprint density at radius 1 is 0.710 bits per heavy atom. The molecule has 0 aromatic heterocycles.